The minimum Gasteiger partial charge on any atom is -0.468 e. The van der Waals surface area contributed by atoms with Gasteiger partial charge in [0.2, 0.25) is 0 Å². The molecule has 0 heterocycles. The number of esters is 1. The first-order valence-electron chi connectivity index (χ1n) is 5.51. The van der Waals surface area contributed by atoms with Gasteiger partial charge in [-0.15, -0.1) is 0 Å². The smallest absolute Gasteiger partial charge is 0.316 e. The van der Waals surface area contributed by atoms with Crippen molar-refractivity contribution in [3.63, 3.8) is 0 Å². The number of benzene rings is 1. The lowest BCUT2D eigenvalue weighted by molar-refractivity contribution is -0.150. The van der Waals surface area contributed by atoms with Crippen molar-refractivity contribution >= 4 is 11.8 Å². The van der Waals surface area contributed by atoms with E-state index in [1.807, 2.05) is 30.3 Å². The van der Waals surface area contributed by atoms with Crippen molar-refractivity contribution in [2.45, 2.75) is 12.8 Å². The van der Waals surface area contributed by atoms with E-state index in [-0.39, 0.29) is 18.2 Å². The van der Waals surface area contributed by atoms with Crippen LogP contribution in [0.5, 0.6) is 0 Å². The van der Waals surface area contributed by atoms with Gasteiger partial charge in [-0.05, 0) is 18.1 Å². The zero-order valence-electron chi connectivity index (χ0n) is 9.68. The van der Waals surface area contributed by atoms with Crippen LogP contribution < -0.4 is 0 Å². The molecule has 0 fully saturated rings. The Labute approximate surface area is 100 Å². The Kier molecular flexibility index (Phi) is 3.09. The second-order valence-electron chi connectivity index (χ2n) is 4.29. The number of rotatable bonds is 3. The van der Waals surface area contributed by atoms with E-state index in [4.69, 9.17) is 4.74 Å². The molecule has 0 saturated carbocycles. The van der Waals surface area contributed by atoms with E-state index in [0.717, 1.165) is 5.56 Å². The Balaban J connectivity index is 2.27. The van der Waals surface area contributed by atoms with Crippen LogP contribution in [-0.2, 0) is 20.7 Å². The molecule has 0 bridgehead atoms. The van der Waals surface area contributed by atoms with E-state index < -0.39 is 5.41 Å². The Hall–Kier alpha value is -1.90. The lowest BCUT2D eigenvalue weighted by Crippen LogP contribution is -2.31. The SMILES string of the molecule is COC(=O)[C@]1(Cc2ccccc2)C=CC(=O)C1. The molecular weight excluding hydrogens is 216 g/mol. The lowest BCUT2D eigenvalue weighted by Gasteiger charge is -2.23. The molecule has 0 radical (unpaired) electrons. The van der Waals surface area contributed by atoms with Crippen molar-refractivity contribution in [1.82, 2.24) is 0 Å². The van der Waals surface area contributed by atoms with Gasteiger partial charge in [0.05, 0.1) is 12.5 Å². The number of allylic oxidation sites excluding steroid dienone is 1. The Bertz CT molecular complexity index is 462. The van der Waals surface area contributed by atoms with Crippen LogP contribution in [0.15, 0.2) is 42.5 Å². The highest BCUT2D eigenvalue weighted by atomic mass is 16.5. The molecule has 17 heavy (non-hydrogen) atoms. The molecule has 0 aliphatic heterocycles. The zero-order valence-corrected chi connectivity index (χ0v) is 9.68. The minimum atomic E-state index is -0.812. The van der Waals surface area contributed by atoms with Gasteiger partial charge in [-0.3, -0.25) is 9.59 Å². The summed E-state index contributed by atoms with van der Waals surface area (Å²) in [7, 11) is 1.35. The van der Waals surface area contributed by atoms with Crippen LogP contribution in [0.2, 0.25) is 0 Å². The normalized spacial score (nSPS) is 22.8. The number of carbonyl (C=O) groups is 2. The summed E-state index contributed by atoms with van der Waals surface area (Å²) in [4.78, 5) is 23.2. The summed E-state index contributed by atoms with van der Waals surface area (Å²) in [6, 6.07) is 9.65. The van der Waals surface area contributed by atoms with E-state index >= 15 is 0 Å². The monoisotopic (exact) mass is 230 g/mol. The molecule has 88 valence electrons. The first-order chi connectivity index (χ1) is 8.16. The van der Waals surface area contributed by atoms with Crippen molar-refractivity contribution in [3.8, 4) is 0 Å². The summed E-state index contributed by atoms with van der Waals surface area (Å²) < 4.78 is 4.82. The van der Waals surface area contributed by atoms with Gasteiger partial charge in [0.25, 0.3) is 0 Å². The van der Waals surface area contributed by atoms with Crippen molar-refractivity contribution in [1.29, 1.82) is 0 Å². The number of methoxy groups -OCH3 is 1. The van der Waals surface area contributed by atoms with Crippen LogP contribution in [0, 0.1) is 5.41 Å². The number of carbonyl (C=O) groups excluding carboxylic acids is 2. The van der Waals surface area contributed by atoms with Gasteiger partial charge in [0.1, 0.15) is 0 Å². The van der Waals surface area contributed by atoms with Gasteiger partial charge < -0.3 is 4.74 Å². The van der Waals surface area contributed by atoms with Crippen molar-refractivity contribution in [3.05, 3.63) is 48.0 Å². The molecule has 1 aliphatic carbocycles. The van der Waals surface area contributed by atoms with Crippen LogP contribution in [0.4, 0.5) is 0 Å². The fraction of sp³-hybridized carbons (Fsp3) is 0.286. The first-order valence-corrected chi connectivity index (χ1v) is 5.51. The maximum absolute atomic E-state index is 11.9. The lowest BCUT2D eigenvalue weighted by atomic mass is 9.81. The molecule has 1 aromatic rings. The van der Waals surface area contributed by atoms with Crippen molar-refractivity contribution in [2.75, 3.05) is 7.11 Å². The molecule has 3 heteroatoms. The molecule has 1 atom stereocenters. The highest BCUT2D eigenvalue weighted by molar-refractivity contribution is 5.99. The van der Waals surface area contributed by atoms with Crippen LogP contribution >= 0.6 is 0 Å². The molecule has 1 aromatic carbocycles. The fourth-order valence-corrected chi connectivity index (χ4v) is 2.18. The molecule has 0 N–H and O–H groups in total. The summed E-state index contributed by atoms with van der Waals surface area (Å²) in [5.74, 6) is -0.366. The Morgan fingerprint density at radius 3 is 2.59 bits per heavy atom. The first kappa shape index (κ1) is 11.6. The molecule has 0 saturated heterocycles. The van der Waals surface area contributed by atoms with Gasteiger partial charge in [0, 0.05) is 6.42 Å². The molecule has 2 rings (SSSR count). The maximum Gasteiger partial charge on any atom is 0.316 e. The summed E-state index contributed by atoms with van der Waals surface area (Å²) in [6.45, 7) is 0. The van der Waals surface area contributed by atoms with Crippen LogP contribution in [0.3, 0.4) is 0 Å². The Morgan fingerprint density at radius 1 is 1.35 bits per heavy atom. The second kappa shape index (κ2) is 4.53. The van der Waals surface area contributed by atoms with Crippen LogP contribution in [0.25, 0.3) is 0 Å². The quantitative estimate of drug-likeness (QED) is 0.745. The molecular formula is C14H14O3. The van der Waals surface area contributed by atoms with Crippen LogP contribution in [0.1, 0.15) is 12.0 Å². The van der Waals surface area contributed by atoms with E-state index in [9.17, 15) is 9.59 Å². The van der Waals surface area contributed by atoms with Gasteiger partial charge in [-0.2, -0.15) is 0 Å². The second-order valence-corrected chi connectivity index (χ2v) is 4.29. The third-order valence-corrected chi connectivity index (χ3v) is 3.03. The fourth-order valence-electron chi connectivity index (χ4n) is 2.18. The average molecular weight is 230 g/mol. The van der Waals surface area contributed by atoms with Crippen molar-refractivity contribution < 1.29 is 14.3 Å². The third-order valence-electron chi connectivity index (χ3n) is 3.03. The maximum atomic E-state index is 11.9. The largest absolute Gasteiger partial charge is 0.468 e. The van der Waals surface area contributed by atoms with E-state index in [0.29, 0.717) is 6.42 Å². The molecule has 0 amide bonds. The molecule has 1 aliphatic rings. The summed E-state index contributed by atoms with van der Waals surface area (Å²) in [5.41, 5.74) is 0.213. The summed E-state index contributed by atoms with van der Waals surface area (Å²) >= 11 is 0. The third kappa shape index (κ3) is 2.28. The standard InChI is InChI=1S/C14H14O3/c1-17-13(16)14(8-7-12(15)10-14)9-11-5-3-2-4-6-11/h2-8H,9-10H2,1H3/t14-/m0/s1. The van der Waals surface area contributed by atoms with E-state index in [1.54, 1.807) is 6.08 Å². The highest BCUT2D eigenvalue weighted by Crippen LogP contribution is 2.35. The summed E-state index contributed by atoms with van der Waals surface area (Å²) in [6.07, 6.45) is 3.85. The van der Waals surface area contributed by atoms with Gasteiger partial charge in [-0.25, -0.2) is 0 Å². The average Bonchev–Trinajstić information content (AvgIpc) is 2.72. The predicted molar refractivity (Wildman–Crippen MR) is 63.4 cm³/mol. The molecule has 0 aromatic heterocycles. The number of ether oxygens (including phenoxy) is 1. The van der Waals surface area contributed by atoms with Gasteiger partial charge >= 0.3 is 5.97 Å². The van der Waals surface area contributed by atoms with Crippen LogP contribution in [-0.4, -0.2) is 18.9 Å². The highest BCUT2D eigenvalue weighted by Gasteiger charge is 2.42. The molecule has 0 spiro atoms. The number of hydrogen-bond acceptors (Lipinski definition) is 3. The van der Waals surface area contributed by atoms with Gasteiger partial charge in [-0.1, -0.05) is 36.4 Å². The van der Waals surface area contributed by atoms with E-state index in [2.05, 4.69) is 0 Å². The topological polar surface area (TPSA) is 43.4 Å². The van der Waals surface area contributed by atoms with E-state index in [1.165, 1.54) is 13.2 Å². The van der Waals surface area contributed by atoms with Gasteiger partial charge in [0.15, 0.2) is 5.78 Å². The molecule has 3 nitrogen and oxygen atoms in total. The number of ketones is 1. The zero-order chi connectivity index (χ0) is 12.3. The Morgan fingerprint density at radius 2 is 2.06 bits per heavy atom. The number of hydrogen-bond donors (Lipinski definition) is 0. The minimum absolute atomic E-state index is 0.0219. The predicted octanol–water partition coefficient (Wildman–Crippen LogP) is 1.92. The summed E-state index contributed by atoms with van der Waals surface area (Å²) in [5, 5.41) is 0. The van der Waals surface area contributed by atoms with Crippen molar-refractivity contribution in [2.24, 2.45) is 5.41 Å². The molecule has 0 unspecified atom stereocenters.